The minimum Gasteiger partial charge on any atom is -0.507 e. The van der Waals surface area contributed by atoms with Crippen molar-refractivity contribution in [2.75, 3.05) is 13.7 Å². The summed E-state index contributed by atoms with van der Waals surface area (Å²) in [5.74, 6) is 0.851. The Balaban J connectivity index is 1.57. The lowest BCUT2D eigenvalue weighted by atomic mass is 9.94. The summed E-state index contributed by atoms with van der Waals surface area (Å²) in [4.78, 5) is 15.4. The van der Waals surface area contributed by atoms with Crippen LogP contribution in [0.4, 0.5) is 0 Å². The van der Waals surface area contributed by atoms with E-state index in [1.54, 1.807) is 7.11 Å². The highest BCUT2D eigenvalue weighted by Crippen LogP contribution is 2.45. The van der Waals surface area contributed by atoms with E-state index in [9.17, 15) is 9.90 Å². The standard InChI is InChI=1S/C28H26ClN3O3/c1-16-14-17(2)27(33)22(15-16)24-23-25(31-30-24)28(34)32(26(23)19-6-8-20(29)9-7-19)13-12-18-4-10-21(35-3)11-5-18/h4-11,14-15,26,33H,12-13H2,1-3H3,(H,30,31)/t26-/m1/s1. The normalized spacial score (nSPS) is 14.9. The van der Waals surface area contributed by atoms with Gasteiger partial charge in [-0.25, -0.2) is 0 Å². The number of aryl methyl sites for hydroxylation is 2. The van der Waals surface area contributed by atoms with Gasteiger partial charge < -0.3 is 14.7 Å². The molecule has 1 aliphatic heterocycles. The summed E-state index contributed by atoms with van der Waals surface area (Å²) in [5.41, 5.74) is 6.24. The Morgan fingerprint density at radius 3 is 2.49 bits per heavy atom. The molecule has 5 rings (SSSR count). The van der Waals surface area contributed by atoms with E-state index < -0.39 is 0 Å². The predicted octanol–water partition coefficient (Wildman–Crippen LogP) is 5.85. The van der Waals surface area contributed by atoms with Crippen molar-refractivity contribution < 1.29 is 14.6 Å². The molecule has 0 aliphatic carbocycles. The van der Waals surface area contributed by atoms with Gasteiger partial charge in [0.2, 0.25) is 0 Å². The molecule has 0 saturated heterocycles. The third kappa shape index (κ3) is 4.15. The molecular formula is C28H26ClN3O3. The van der Waals surface area contributed by atoms with Crippen molar-refractivity contribution in [2.45, 2.75) is 26.3 Å². The summed E-state index contributed by atoms with van der Waals surface area (Å²) < 4.78 is 5.26. The number of methoxy groups -OCH3 is 1. The summed E-state index contributed by atoms with van der Waals surface area (Å²) in [7, 11) is 1.64. The third-order valence-electron chi connectivity index (χ3n) is 6.55. The minimum atomic E-state index is -0.359. The van der Waals surface area contributed by atoms with Gasteiger partial charge in [0, 0.05) is 22.7 Å². The summed E-state index contributed by atoms with van der Waals surface area (Å²) in [6, 6.07) is 18.9. The molecule has 6 nitrogen and oxygen atoms in total. The number of phenolic OH excluding ortho intramolecular Hbond substituents is 1. The van der Waals surface area contributed by atoms with Gasteiger partial charge in [0.05, 0.1) is 13.2 Å². The monoisotopic (exact) mass is 487 g/mol. The molecule has 0 saturated carbocycles. The molecule has 2 heterocycles. The lowest BCUT2D eigenvalue weighted by Gasteiger charge is -2.26. The first kappa shape index (κ1) is 23.0. The number of amides is 1. The molecule has 4 aromatic rings. The number of rotatable bonds is 6. The van der Waals surface area contributed by atoms with E-state index in [-0.39, 0.29) is 17.7 Å². The van der Waals surface area contributed by atoms with Gasteiger partial charge >= 0.3 is 0 Å². The van der Waals surface area contributed by atoms with Crippen LogP contribution in [0.2, 0.25) is 5.02 Å². The second-order valence-corrected chi connectivity index (χ2v) is 9.33. The highest BCUT2D eigenvalue weighted by Gasteiger charge is 2.42. The van der Waals surface area contributed by atoms with Gasteiger partial charge in [-0.2, -0.15) is 5.10 Å². The molecule has 1 atom stereocenters. The number of aromatic hydroxyl groups is 1. The summed E-state index contributed by atoms with van der Waals surface area (Å²) in [6.45, 7) is 4.35. The second-order valence-electron chi connectivity index (χ2n) is 8.89. The lowest BCUT2D eigenvalue weighted by molar-refractivity contribution is 0.0746. The van der Waals surface area contributed by atoms with Crippen LogP contribution in [-0.2, 0) is 6.42 Å². The van der Waals surface area contributed by atoms with Gasteiger partial charge in [-0.1, -0.05) is 41.9 Å². The smallest absolute Gasteiger partial charge is 0.273 e. The summed E-state index contributed by atoms with van der Waals surface area (Å²) in [6.07, 6.45) is 0.682. The van der Waals surface area contributed by atoms with Crippen molar-refractivity contribution in [1.82, 2.24) is 15.1 Å². The number of carbonyl (C=O) groups excluding carboxylic acids is 1. The number of nitrogens with one attached hydrogen (secondary N) is 1. The average Bonchev–Trinajstić information content (AvgIpc) is 3.40. The number of fused-ring (bicyclic) bond motifs is 1. The number of H-pyrrole nitrogens is 1. The van der Waals surface area contributed by atoms with Gasteiger partial charge in [-0.15, -0.1) is 0 Å². The van der Waals surface area contributed by atoms with Gasteiger partial charge in [-0.05, 0) is 72.9 Å². The molecule has 7 heteroatoms. The topological polar surface area (TPSA) is 78.5 Å². The van der Waals surface area contributed by atoms with E-state index in [1.165, 1.54) is 0 Å². The van der Waals surface area contributed by atoms with E-state index in [4.69, 9.17) is 16.3 Å². The first-order chi connectivity index (χ1) is 16.9. The van der Waals surface area contributed by atoms with Crippen LogP contribution in [0, 0.1) is 13.8 Å². The van der Waals surface area contributed by atoms with Crippen LogP contribution >= 0.6 is 11.6 Å². The molecule has 1 aromatic heterocycles. The fourth-order valence-corrected chi connectivity index (χ4v) is 4.93. The molecular weight excluding hydrogens is 462 g/mol. The first-order valence-electron chi connectivity index (χ1n) is 11.5. The number of aromatic nitrogens is 2. The molecule has 1 aliphatic rings. The molecule has 178 valence electrons. The average molecular weight is 488 g/mol. The third-order valence-corrected chi connectivity index (χ3v) is 6.80. The van der Waals surface area contributed by atoms with Crippen LogP contribution in [0.1, 0.15) is 44.3 Å². The number of hydrogen-bond donors (Lipinski definition) is 2. The van der Waals surface area contributed by atoms with Crippen molar-refractivity contribution >= 4 is 17.5 Å². The Bertz CT molecular complexity index is 1390. The zero-order valence-electron chi connectivity index (χ0n) is 19.8. The van der Waals surface area contributed by atoms with Gasteiger partial charge in [0.1, 0.15) is 22.9 Å². The number of ether oxygens (including phenoxy) is 1. The predicted molar refractivity (Wildman–Crippen MR) is 136 cm³/mol. The number of nitrogens with zero attached hydrogens (tertiary/aromatic N) is 2. The maximum atomic E-state index is 13.6. The molecule has 2 N–H and O–H groups in total. The van der Waals surface area contributed by atoms with Crippen molar-refractivity contribution in [2.24, 2.45) is 0 Å². The van der Waals surface area contributed by atoms with Crippen LogP contribution in [0.15, 0.2) is 60.7 Å². The fourth-order valence-electron chi connectivity index (χ4n) is 4.81. The van der Waals surface area contributed by atoms with Crippen LogP contribution in [0.25, 0.3) is 11.3 Å². The zero-order chi connectivity index (χ0) is 24.7. The Morgan fingerprint density at radius 2 is 1.80 bits per heavy atom. The number of halogens is 1. The molecule has 0 radical (unpaired) electrons. The van der Waals surface area contributed by atoms with E-state index in [1.807, 2.05) is 79.4 Å². The molecule has 1 amide bonds. The van der Waals surface area contributed by atoms with Gasteiger partial charge in [-0.3, -0.25) is 9.89 Å². The van der Waals surface area contributed by atoms with Crippen molar-refractivity contribution in [3.05, 3.63) is 99.2 Å². The summed E-state index contributed by atoms with van der Waals surface area (Å²) >= 11 is 6.17. The maximum absolute atomic E-state index is 13.6. The van der Waals surface area contributed by atoms with E-state index in [0.29, 0.717) is 34.9 Å². The van der Waals surface area contributed by atoms with Crippen molar-refractivity contribution in [3.63, 3.8) is 0 Å². The van der Waals surface area contributed by atoms with Crippen LogP contribution in [0.3, 0.4) is 0 Å². The largest absolute Gasteiger partial charge is 0.507 e. The Morgan fingerprint density at radius 1 is 1.09 bits per heavy atom. The second kappa shape index (κ2) is 9.12. The minimum absolute atomic E-state index is 0.115. The van der Waals surface area contributed by atoms with Crippen molar-refractivity contribution in [1.29, 1.82) is 0 Å². The molecule has 3 aromatic carbocycles. The maximum Gasteiger partial charge on any atom is 0.273 e. The fraction of sp³-hybridized carbons (Fsp3) is 0.214. The number of aromatic amines is 1. The quantitative estimate of drug-likeness (QED) is 0.357. The number of phenols is 1. The highest BCUT2D eigenvalue weighted by molar-refractivity contribution is 6.30. The molecule has 0 spiro atoms. The van der Waals surface area contributed by atoms with E-state index in [0.717, 1.165) is 33.6 Å². The first-order valence-corrected chi connectivity index (χ1v) is 11.8. The Labute approximate surface area is 209 Å². The lowest BCUT2D eigenvalue weighted by Crippen LogP contribution is -2.31. The number of hydrogen-bond acceptors (Lipinski definition) is 4. The van der Waals surface area contributed by atoms with Crippen LogP contribution in [-0.4, -0.2) is 39.8 Å². The Hall–Kier alpha value is -3.77. The van der Waals surface area contributed by atoms with Gasteiger partial charge in [0.15, 0.2) is 0 Å². The number of benzene rings is 3. The Kier molecular flexibility index (Phi) is 5.99. The van der Waals surface area contributed by atoms with Crippen LogP contribution in [0.5, 0.6) is 11.5 Å². The highest BCUT2D eigenvalue weighted by atomic mass is 35.5. The SMILES string of the molecule is COc1ccc(CCN2C(=O)c3[nH]nc(-c4cc(C)cc(C)c4O)c3[C@H]2c2ccc(Cl)cc2)cc1. The molecule has 0 unspecified atom stereocenters. The molecule has 0 bridgehead atoms. The van der Waals surface area contributed by atoms with Crippen LogP contribution < -0.4 is 4.74 Å². The van der Waals surface area contributed by atoms with E-state index >= 15 is 0 Å². The van der Waals surface area contributed by atoms with Crippen molar-refractivity contribution in [3.8, 4) is 22.8 Å². The summed E-state index contributed by atoms with van der Waals surface area (Å²) in [5, 5.41) is 18.9. The molecule has 35 heavy (non-hydrogen) atoms. The molecule has 0 fully saturated rings. The zero-order valence-corrected chi connectivity index (χ0v) is 20.6. The number of carbonyl (C=O) groups is 1. The van der Waals surface area contributed by atoms with E-state index in [2.05, 4.69) is 10.2 Å². The van der Waals surface area contributed by atoms with Gasteiger partial charge in [0.25, 0.3) is 5.91 Å².